The Kier molecular flexibility index (Phi) is 2.65. The molecule has 1 aromatic heterocycles. The van der Waals surface area contributed by atoms with Crippen LogP contribution in [0.4, 0.5) is 0 Å². The summed E-state index contributed by atoms with van der Waals surface area (Å²) in [5, 5.41) is 8.05. The van der Waals surface area contributed by atoms with Crippen molar-refractivity contribution in [3.63, 3.8) is 0 Å². The van der Waals surface area contributed by atoms with E-state index in [9.17, 15) is 0 Å². The van der Waals surface area contributed by atoms with Crippen LogP contribution in [0.1, 0.15) is 28.8 Å². The fourth-order valence-electron chi connectivity index (χ4n) is 2.42. The second-order valence-corrected chi connectivity index (χ2v) is 4.57. The molecular formula is C13H16N4. The van der Waals surface area contributed by atoms with Gasteiger partial charge in [-0.3, -0.25) is 0 Å². The maximum Gasteiger partial charge on any atom is 0.0962 e. The van der Waals surface area contributed by atoms with Crippen molar-refractivity contribution < 1.29 is 0 Å². The van der Waals surface area contributed by atoms with Crippen molar-refractivity contribution in [2.24, 2.45) is 5.73 Å². The lowest BCUT2D eigenvalue weighted by Crippen LogP contribution is -2.01. The number of aromatic nitrogens is 3. The van der Waals surface area contributed by atoms with Crippen molar-refractivity contribution in [1.82, 2.24) is 15.0 Å². The minimum Gasteiger partial charge on any atom is -0.325 e. The van der Waals surface area contributed by atoms with E-state index in [2.05, 4.69) is 28.5 Å². The number of nitrogens with two attached hydrogens (primary N) is 1. The van der Waals surface area contributed by atoms with Gasteiger partial charge in [0, 0.05) is 6.54 Å². The largest absolute Gasteiger partial charge is 0.325 e. The van der Waals surface area contributed by atoms with Crippen LogP contribution in [0.3, 0.4) is 0 Å². The summed E-state index contributed by atoms with van der Waals surface area (Å²) in [5.74, 6) is 0. The first kappa shape index (κ1) is 10.5. The third kappa shape index (κ3) is 2.08. The van der Waals surface area contributed by atoms with Gasteiger partial charge < -0.3 is 5.73 Å². The van der Waals surface area contributed by atoms with Crippen LogP contribution in [0.5, 0.6) is 0 Å². The molecule has 1 aliphatic carbocycles. The molecule has 2 N–H and O–H groups in total. The molecule has 0 bridgehead atoms. The zero-order chi connectivity index (χ0) is 11.7. The first-order chi connectivity index (χ1) is 8.35. The van der Waals surface area contributed by atoms with E-state index in [1.807, 2.05) is 10.9 Å². The Labute approximate surface area is 100 Å². The van der Waals surface area contributed by atoms with Gasteiger partial charge in [-0.2, -0.15) is 0 Å². The fraction of sp³-hybridized carbons (Fsp3) is 0.385. The molecule has 0 aliphatic heterocycles. The van der Waals surface area contributed by atoms with E-state index >= 15 is 0 Å². The van der Waals surface area contributed by atoms with E-state index in [0.29, 0.717) is 6.54 Å². The third-order valence-corrected chi connectivity index (χ3v) is 3.30. The van der Waals surface area contributed by atoms with Gasteiger partial charge in [0.25, 0.3) is 0 Å². The molecule has 2 aromatic rings. The fourth-order valence-corrected chi connectivity index (χ4v) is 2.42. The minimum absolute atomic E-state index is 0.449. The van der Waals surface area contributed by atoms with Gasteiger partial charge in [-0.25, -0.2) is 4.68 Å². The Morgan fingerprint density at radius 2 is 2.12 bits per heavy atom. The van der Waals surface area contributed by atoms with Crippen LogP contribution in [0, 0.1) is 0 Å². The van der Waals surface area contributed by atoms with Crippen LogP contribution in [-0.4, -0.2) is 15.0 Å². The monoisotopic (exact) mass is 228 g/mol. The maximum atomic E-state index is 5.51. The SMILES string of the molecule is NCc1cn(Cc2ccc3c(c2)CCC3)nn1. The summed E-state index contributed by atoms with van der Waals surface area (Å²) in [6, 6.07) is 6.73. The van der Waals surface area contributed by atoms with Crippen molar-refractivity contribution in [3.05, 3.63) is 46.8 Å². The maximum absolute atomic E-state index is 5.51. The molecule has 1 heterocycles. The van der Waals surface area contributed by atoms with Crippen molar-refractivity contribution >= 4 is 0 Å². The number of benzene rings is 1. The van der Waals surface area contributed by atoms with Crippen molar-refractivity contribution in [1.29, 1.82) is 0 Å². The quantitative estimate of drug-likeness (QED) is 0.860. The first-order valence-electron chi connectivity index (χ1n) is 6.05. The average molecular weight is 228 g/mol. The molecule has 0 atom stereocenters. The third-order valence-electron chi connectivity index (χ3n) is 3.30. The molecule has 0 fully saturated rings. The predicted molar refractivity (Wildman–Crippen MR) is 65.5 cm³/mol. The summed E-state index contributed by atoms with van der Waals surface area (Å²) < 4.78 is 1.85. The normalized spacial score (nSPS) is 13.9. The average Bonchev–Trinajstić information content (AvgIpc) is 2.96. The number of fused-ring (bicyclic) bond motifs is 1. The first-order valence-corrected chi connectivity index (χ1v) is 6.05. The highest BCUT2D eigenvalue weighted by Gasteiger charge is 2.11. The molecule has 17 heavy (non-hydrogen) atoms. The summed E-state index contributed by atoms with van der Waals surface area (Å²) in [6.07, 6.45) is 5.65. The highest BCUT2D eigenvalue weighted by molar-refractivity contribution is 5.35. The number of aryl methyl sites for hydroxylation is 2. The summed E-state index contributed by atoms with van der Waals surface area (Å²) >= 11 is 0. The van der Waals surface area contributed by atoms with Crippen LogP contribution in [0.2, 0.25) is 0 Å². The number of hydrogen-bond donors (Lipinski definition) is 1. The van der Waals surface area contributed by atoms with Gasteiger partial charge in [-0.1, -0.05) is 23.4 Å². The molecular weight excluding hydrogens is 212 g/mol. The molecule has 0 unspecified atom stereocenters. The summed E-state index contributed by atoms with van der Waals surface area (Å²) in [4.78, 5) is 0. The molecule has 1 aromatic carbocycles. The Bertz CT molecular complexity index is 530. The molecule has 0 saturated carbocycles. The van der Waals surface area contributed by atoms with Crippen LogP contribution in [-0.2, 0) is 25.9 Å². The number of nitrogens with zero attached hydrogens (tertiary/aromatic N) is 3. The van der Waals surface area contributed by atoms with Crippen molar-refractivity contribution in [2.75, 3.05) is 0 Å². The zero-order valence-electron chi connectivity index (χ0n) is 9.76. The van der Waals surface area contributed by atoms with E-state index < -0.39 is 0 Å². The summed E-state index contributed by atoms with van der Waals surface area (Å²) in [7, 11) is 0. The van der Waals surface area contributed by atoms with Gasteiger partial charge in [0.15, 0.2) is 0 Å². The minimum atomic E-state index is 0.449. The number of hydrogen-bond acceptors (Lipinski definition) is 3. The highest BCUT2D eigenvalue weighted by Crippen LogP contribution is 2.23. The molecule has 0 spiro atoms. The molecule has 88 valence electrons. The topological polar surface area (TPSA) is 56.7 Å². The molecule has 0 amide bonds. The lowest BCUT2D eigenvalue weighted by atomic mass is 10.1. The van der Waals surface area contributed by atoms with Gasteiger partial charge in [-0.05, 0) is 36.0 Å². The molecule has 4 heteroatoms. The van der Waals surface area contributed by atoms with Gasteiger partial charge in [0.1, 0.15) is 0 Å². The van der Waals surface area contributed by atoms with E-state index in [4.69, 9.17) is 5.73 Å². The van der Waals surface area contributed by atoms with Crippen LogP contribution in [0.15, 0.2) is 24.4 Å². The Hall–Kier alpha value is -1.68. The molecule has 4 nitrogen and oxygen atoms in total. The summed E-state index contributed by atoms with van der Waals surface area (Å²) in [5.41, 5.74) is 10.7. The van der Waals surface area contributed by atoms with Crippen LogP contribution >= 0.6 is 0 Å². The van der Waals surface area contributed by atoms with Crippen molar-refractivity contribution in [3.8, 4) is 0 Å². The lowest BCUT2D eigenvalue weighted by Gasteiger charge is -2.04. The smallest absolute Gasteiger partial charge is 0.0962 e. The van der Waals surface area contributed by atoms with Gasteiger partial charge in [0.2, 0.25) is 0 Å². The van der Waals surface area contributed by atoms with Gasteiger partial charge in [0.05, 0.1) is 18.4 Å². The Morgan fingerprint density at radius 3 is 2.94 bits per heavy atom. The molecule has 0 saturated heterocycles. The van der Waals surface area contributed by atoms with Gasteiger partial charge >= 0.3 is 0 Å². The van der Waals surface area contributed by atoms with Gasteiger partial charge in [-0.15, -0.1) is 5.10 Å². The second kappa shape index (κ2) is 4.30. The lowest BCUT2D eigenvalue weighted by molar-refractivity contribution is 0.649. The van der Waals surface area contributed by atoms with Crippen molar-refractivity contribution in [2.45, 2.75) is 32.4 Å². The van der Waals surface area contributed by atoms with E-state index in [-0.39, 0.29) is 0 Å². The predicted octanol–water partition coefficient (Wildman–Crippen LogP) is 1.27. The highest BCUT2D eigenvalue weighted by atomic mass is 15.4. The zero-order valence-corrected chi connectivity index (χ0v) is 9.76. The Balaban J connectivity index is 1.80. The number of rotatable bonds is 3. The summed E-state index contributed by atoms with van der Waals surface area (Å²) in [6.45, 7) is 1.23. The van der Waals surface area contributed by atoms with E-state index in [1.165, 1.54) is 36.0 Å². The Morgan fingerprint density at radius 1 is 1.24 bits per heavy atom. The second-order valence-electron chi connectivity index (χ2n) is 4.57. The van der Waals surface area contributed by atoms with Crippen LogP contribution in [0.25, 0.3) is 0 Å². The molecule has 3 rings (SSSR count). The standard InChI is InChI=1S/C13H16N4/c14-7-13-9-17(16-15-13)8-10-4-5-11-2-1-3-12(11)6-10/h4-6,9H,1-3,7-8,14H2. The van der Waals surface area contributed by atoms with E-state index in [1.54, 1.807) is 0 Å². The molecule has 1 aliphatic rings. The van der Waals surface area contributed by atoms with E-state index in [0.717, 1.165) is 12.2 Å². The van der Waals surface area contributed by atoms with Crippen LogP contribution < -0.4 is 5.73 Å². The molecule has 0 radical (unpaired) electrons.